The minimum absolute atomic E-state index is 0.439. The fourth-order valence-electron chi connectivity index (χ4n) is 2.61. The van der Waals surface area contributed by atoms with Crippen LogP contribution in [-0.2, 0) is 15.5 Å². The van der Waals surface area contributed by atoms with Crippen LogP contribution in [0.2, 0.25) is 0 Å². The van der Waals surface area contributed by atoms with Gasteiger partial charge in [0.1, 0.15) is 11.5 Å². The van der Waals surface area contributed by atoms with Crippen molar-refractivity contribution in [3.05, 3.63) is 59.7 Å². The molecular formula is C15H10F5O5S-. The van der Waals surface area contributed by atoms with Crippen LogP contribution in [0.25, 0.3) is 0 Å². The van der Waals surface area contributed by atoms with Crippen molar-refractivity contribution in [2.45, 2.75) is 16.8 Å². The van der Waals surface area contributed by atoms with Crippen molar-refractivity contribution in [1.82, 2.24) is 0 Å². The normalized spacial score (nSPS) is 13.6. The first kappa shape index (κ1) is 19.9. The van der Waals surface area contributed by atoms with Crippen LogP contribution in [0.15, 0.2) is 48.5 Å². The fourth-order valence-corrected chi connectivity index (χ4v) is 3.33. The summed E-state index contributed by atoms with van der Waals surface area (Å²) in [5.41, 5.74) is -7.13. The van der Waals surface area contributed by atoms with Crippen LogP contribution in [0, 0.1) is 0 Å². The molecule has 2 rings (SSSR count). The molecule has 0 fully saturated rings. The molecule has 0 aliphatic heterocycles. The number of phenolic OH excluding ortho intramolecular Hbond substituents is 2. The molecule has 0 aliphatic carbocycles. The average Bonchev–Trinajstić information content (AvgIpc) is 2.49. The van der Waals surface area contributed by atoms with Gasteiger partial charge >= 0.3 is 11.4 Å². The summed E-state index contributed by atoms with van der Waals surface area (Å²) < 4.78 is 104. The predicted octanol–water partition coefficient (Wildman–Crippen LogP) is 3.08. The molecule has 0 unspecified atom stereocenters. The molecule has 142 valence electrons. The first-order valence-electron chi connectivity index (χ1n) is 6.74. The predicted molar refractivity (Wildman–Crippen MR) is 77.7 cm³/mol. The molecule has 0 saturated carbocycles. The highest BCUT2D eigenvalue weighted by Gasteiger charge is 2.74. The van der Waals surface area contributed by atoms with Crippen molar-refractivity contribution in [1.29, 1.82) is 0 Å². The number of alkyl halides is 5. The molecule has 0 bridgehead atoms. The third-order valence-corrected chi connectivity index (χ3v) is 4.71. The Morgan fingerprint density at radius 2 is 1.04 bits per heavy atom. The summed E-state index contributed by atoms with van der Waals surface area (Å²) in [6.45, 7) is 0. The summed E-state index contributed by atoms with van der Waals surface area (Å²) in [4.78, 5) is 0. The molecule has 2 aromatic carbocycles. The molecule has 0 aromatic heterocycles. The number of hydrogen-bond donors (Lipinski definition) is 2. The molecule has 0 spiro atoms. The third-order valence-electron chi connectivity index (χ3n) is 3.78. The Bertz CT molecular complexity index is 844. The van der Waals surface area contributed by atoms with E-state index >= 15 is 0 Å². The van der Waals surface area contributed by atoms with Crippen LogP contribution in [0.1, 0.15) is 11.1 Å². The van der Waals surface area contributed by atoms with Crippen molar-refractivity contribution >= 4 is 10.1 Å². The largest absolute Gasteiger partial charge is 0.743 e. The molecule has 0 heterocycles. The van der Waals surface area contributed by atoms with Gasteiger partial charge in [0.05, 0.1) is 0 Å². The van der Waals surface area contributed by atoms with E-state index in [1.54, 1.807) is 0 Å². The Morgan fingerprint density at radius 1 is 0.731 bits per heavy atom. The van der Waals surface area contributed by atoms with Crippen LogP contribution >= 0.6 is 0 Å². The van der Waals surface area contributed by atoms with E-state index in [1.807, 2.05) is 0 Å². The van der Waals surface area contributed by atoms with Gasteiger partial charge < -0.3 is 14.8 Å². The van der Waals surface area contributed by atoms with E-state index in [4.69, 9.17) is 0 Å². The number of phenols is 2. The van der Waals surface area contributed by atoms with E-state index < -0.39 is 49.6 Å². The molecular weight excluding hydrogens is 387 g/mol. The van der Waals surface area contributed by atoms with Gasteiger partial charge in [-0.25, -0.2) is 8.42 Å². The van der Waals surface area contributed by atoms with Gasteiger partial charge in [0.25, 0.3) is 0 Å². The maximum Gasteiger partial charge on any atom is 0.409 e. The van der Waals surface area contributed by atoms with Crippen LogP contribution in [0.5, 0.6) is 11.5 Å². The molecule has 5 nitrogen and oxygen atoms in total. The molecule has 26 heavy (non-hydrogen) atoms. The minimum Gasteiger partial charge on any atom is -0.743 e. The Balaban J connectivity index is 3.04. The quantitative estimate of drug-likeness (QED) is 0.610. The number of aromatic hydroxyl groups is 2. The van der Waals surface area contributed by atoms with Gasteiger partial charge in [-0.05, 0) is 35.4 Å². The molecule has 2 N–H and O–H groups in total. The lowest BCUT2D eigenvalue weighted by molar-refractivity contribution is -0.223. The monoisotopic (exact) mass is 397 g/mol. The van der Waals surface area contributed by atoms with Gasteiger partial charge in [-0.2, -0.15) is 22.0 Å². The summed E-state index contributed by atoms with van der Waals surface area (Å²) in [6.07, 6.45) is -5.94. The number of hydrogen-bond acceptors (Lipinski definition) is 5. The highest BCUT2D eigenvalue weighted by Crippen LogP contribution is 2.57. The Morgan fingerprint density at radius 3 is 1.27 bits per heavy atom. The van der Waals surface area contributed by atoms with Crippen LogP contribution in [0.3, 0.4) is 0 Å². The van der Waals surface area contributed by atoms with E-state index in [0.29, 0.717) is 48.5 Å². The van der Waals surface area contributed by atoms with Gasteiger partial charge in [0, 0.05) is 0 Å². The van der Waals surface area contributed by atoms with Gasteiger partial charge in [0.2, 0.25) is 0 Å². The van der Waals surface area contributed by atoms with E-state index in [9.17, 15) is 45.1 Å². The molecule has 2 aromatic rings. The zero-order valence-corrected chi connectivity index (χ0v) is 13.4. The van der Waals surface area contributed by atoms with E-state index in [2.05, 4.69) is 0 Å². The first-order valence-corrected chi connectivity index (χ1v) is 8.15. The van der Waals surface area contributed by atoms with Crippen LogP contribution < -0.4 is 0 Å². The first-order chi connectivity index (χ1) is 11.7. The Kier molecular flexibility index (Phi) is 4.67. The van der Waals surface area contributed by atoms with Crippen molar-refractivity contribution in [2.75, 3.05) is 0 Å². The zero-order chi connectivity index (χ0) is 20.0. The smallest absolute Gasteiger partial charge is 0.409 e. The van der Waals surface area contributed by atoms with Gasteiger partial charge in [-0.1, -0.05) is 24.3 Å². The minimum atomic E-state index is -6.79. The summed E-state index contributed by atoms with van der Waals surface area (Å²) >= 11 is 0. The molecule has 0 aliphatic rings. The van der Waals surface area contributed by atoms with Gasteiger partial charge in [0.15, 0.2) is 15.5 Å². The van der Waals surface area contributed by atoms with Crippen molar-refractivity contribution < 1.29 is 45.1 Å². The lowest BCUT2D eigenvalue weighted by Crippen LogP contribution is -2.60. The summed E-state index contributed by atoms with van der Waals surface area (Å²) in [7, 11) is -6.79. The molecule has 0 radical (unpaired) electrons. The molecule has 11 heteroatoms. The van der Waals surface area contributed by atoms with E-state index in [0.717, 1.165) is 0 Å². The molecule has 0 amide bonds. The topological polar surface area (TPSA) is 97.7 Å². The number of rotatable bonds is 4. The fraction of sp³-hybridized carbons (Fsp3) is 0.200. The highest BCUT2D eigenvalue weighted by molar-refractivity contribution is 7.86. The average molecular weight is 397 g/mol. The zero-order valence-electron chi connectivity index (χ0n) is 12.5. The number of benzene rings is 2. The molecule has 0 atom stereocenters. The Labute approximate surface area is 144 Å². The second kappa shape index (κ2) is 6.09. The molecule has 0 saturated heterocycles. The number of halogens is 5. The Hall–Kier alpha value is -2.40. The highest BCUT2D eigenvalue weighted by atomic mass is 32.2. The van der Waals surface area contributed by atoms with E-state index in [-0.39, 0.29) is 0 Å². The van der Waals surface area contributed by atoms with Crippen LogP contribution in [0.4, 0.5) is 22.0 Å². The van der Waals surface area contributed by atoms with E-state index in [1.165, 1.54) is 0 Å². The second-order valence-corrected chi connectivity index (χ2v) is 6.73. The lowest BCUT2D eigenvalue weighted by Gasteiger charge is -2.43. The van der Waals surface area contributed by atoms with Gasteiger partial charge in [-0.15, -0.1) is 0 Å². The van der Waals surface area contributed by atoms with Crippen molar-refractivity contribution in [3.8, 4) is 11.5 Å². The summed E-state index contributed by atoms with van der Waals surface area (Å²) in [5, 5.41) is 12.6. The SMILES string of the molecule is O=S(=O)([O-])C(F)(F)C(c1ccc(O)cc1)(c1ccc(O)cc1)C(F)(F)F. The van der Waals surface area contributed by atoms with Crippen molar-refractivity contribution in [3.63, 3.8) is 0 Å². The second-order valence-electron chi connectivity index (χ2n) is 5.31. The summed E-state index contributed by atoms with van der Waals surface area (Å²) in [6, 6.07) is 4.33. The lowest BCUT2D eigenvalue weighted by atomic mass is 9.73. The van der Waals surface area contributed by atoms with Crippen LogP contribution in [-0.4, -0.2) is 34.6 Å². The maximum atomic E-state index is 14.6. The van der Waals surface area contributed by atoms with Crippen molar-refractivity contribution in [2.24, 2.45) is 0 Å². The standard InChI is InChI=1S/C15H11F5O5S/c16-14(17,18)13(15(19,20)26(23,24)25,9-1-5-11(21)6-2-9)10-3-7-12(22)8-4-10/h1-8,21-22H,(H,23,24,25)/p-1. The third kappa shape index (κ3) is 2.86. The van der Waals surface area contributed by atoms with Gasteiger partial charge in [-0.3, -0.25) is 0 Å². The maximum absolute atomic E-state index is 14.6. The summed E-state index contributed by atoms with van der Waals surface area (Å²) in [5.74, 6) is -1.13.